The highest BCUT2D eigenvalue weighted by Gasteiger charge is 2.14. The minimum Gasteiger partial charge on any atom is -0.314 e. The Labute approximate surface area is 122 Å². The Morgan fingerprint density at radius 3 is 2.70 bits per heavy atom. The molecule has 20 heavy (non-hydrogen) atoms. The van der Waals surface area contributed by atoms with Crippen LogP contribution < -0.4 is 10.0 Å². The Morgan fingerprint density at radius 2 is 1.95 bits per heavy atom. The Balaban J connectivity index is 1.88. The fraction of sp³-hybridized carbons (Fsp3) is 0.600. The third-order valence-corrected chi connectivity index (χ3v) is 4.89. The third-order valence-electron chi connectivity index (χ3n) is 3.51. The summed E-state index contributed by atoms with van der Waals surface area (Å²) in [5.74, 6) is 0.157. The predicted octanol–water partition coefficient (Wildman–Crippen LogP) is 2.31. The summed E-state index contributed by atoms with van der Waals surface area (Å²) in [5, 5.41) is 3.22. The van der Waals surface area contributed by atoms with E-state index in [0.717, 1.165) is 19.4 Å². The number of fused-ring (bicyclic) bond motifs is 1. The van der Waals surface area contributed by atoms with Crippen molar-refractivity contribution in [1.29, 1.82) is 0 Å². The Morgan fingerprint density at radius 1 is 1.20 bits per heavy atom. The minimum absolute atomic E-state index is 0.157. The number of anilines is 1. The molecular weight excluding hydrogens is 272 g/mol. The lowest BCUT2D eigenvalue weighted by Gasteiger charge is -2.11. The number of hydrogen-bond donors (Lipinski definition) is 2. The maximum atomic E-state index is 12.0. The van der Waals surface area contributed by atoms with Gasteiger partial charge < -0.3 is 5.32 Å². The van der Waals surface area contributed by atoms with Crippen LogP contribution >= 0.6 is 0 Å². The van der Waals surface area contributed by atoms with Gasteiger partial charge in [-0.2, -0.15) is 0 Å². The number of sulfonamides is 1. The van der Waals surface area contributed by atoms with Crippen LogP contribution in [0.1, 0.15) is 37.8 Å². The van der Waals surface area contributed by atoms with Gasteiger partial charge in [-0.3, -0.25) is 4.72 Å². The zero-order valence-electron chi connectivity index (χ0n) is 12.3. The zero-order chi connectivity index (χ0) is 14.6. The highest BCUT2D eigenvalue weighted by molar-refractivity contribution is 7.92. The summed E-state index contributed by atoms with van der Waals surface area (Å²) >= 11 is 0. The molecule has 112 valence electrons. The molecule has 5 heteroatoms. The summed E-state index contributed by atoms with van der Waals surface area (Å²) in [5.41, 5.74) is 3.34. The fourth-order valence-electron chi connectivity index (χ4n) is 2.52. The van der Waals surface area contributed by atoms with Gasteiger partial charge in [-0.15, -0.1) is 0 Å². The van der Waals surface area contributed by atoms with Crippen LogP contribution in [0.15, 0.2) is 18.2 Å². The van der Waals surface area contributed by atoms with Crippen LogP contribution in [0.4, 0.5) is 5.69 Å². The van der Waals surface area contributed by atoms with Crippen LogP contribution in [-0.2, 0) is 22.9 Å². The van der Waals surface area contributed by atoms with Crippen molar-refractivity contribution in [3.05, 3.63) is 29.3 Å². The summed E-state index contributed by atoms with van der Waals surface area (Å²) < 4.78 is 26.7. The van der Waals surface area contributed by atoms with E-state index in [-0.39, 0.29) is 5.75 Å². The van der Waals surface area contributed by atoms with Gasteiger partial charge in [-0.05, 0) is 55.5 Å². The lowest BCUT2D eigenvalue weighted by molar-refractivity contribution is 0.571. The molecule has 0 unspecified atom stereocenters. The molecule has 1 aromatic carbocycles. The van der Waals surface area contributed by atoms with Crippen molar-refractivity contribution < 1.29 is 8.42 Å². The number of rotatable bonds is 7. The van der Waals surface area contributed by atoms with E-state index in [1.165, 1.54) is 17.5 Å². The average Bonchev–Trinajstić information content (AvgIpc) is 2.81. The first kappa shape index (κ1) is 15.3. The van der Waals surface area contributed by atoms with Gasteiger partial charge in [0.05, 0.1) is 5.75 Å². The van der Waals surface area contributed by atoms with E-state index in [9.17, 15) is 8.42 Å². The van der Waals surface area contributed by atoms with Crippen LogP contribution in [-0.4, -0.2) is 26.8 Å². The molecule has 0 fully saturated rings. The molecule has 0 aromatic heterocycles. The Hall–Kier alpha value is -1.07. The first-order valence-electron chi connectivity index (χ1n) is 7.32. The van der Waals surface area contributed by atoms with Crippen LogP contribution in [0.2, 0.25) is 0 Å². The molecule has 2 rings (SSSR count). The van der Waals surface area contributed by atoms with E-state index in [4.69, 9.17) is 0 Å². The van der Waals surface area contributed by atoms with Gasteiger partial charge in [0.2, 0.25) is 10.0 Å². The average molecular weight is 296 g/mol. The highest BCUT2D eigenvalue weighted by Crippen LogP contribution is 2.25. The van der Waals surface area contributed by atoms with Gasteiger partial charge in [-0.25, -0.2) is 8.42 Å². The van der Waals surface area contributed by atoms with Crippen LogP contribution in [0, 0.1) is 0 Å². The minimum atomic E-state index is -3.24. The van der Waals surface area contributed by atoms with Gasteiger partial charge in [0.1, 0.15) is 0 Å². The lowest BCUT2D eigenvalue weighted by Crippen LogP contribution is -2.26. The summed E-state index contributed by atoms with van der Waals surface area (Å²) in [4.78, 5) is 0. The lowest BCUT2D eigenvalue weighted by atomic mass is 10.1. The second-order valence-electron chi connectivity index (χ2n) is 5.72. The van der Waals surface area contributed by atoms with Crippen molar-refractivity contribution in [3.63, 3.8) is 0 Å². The number of nitrogens with one attached hydrogen (secondary N) is 2. The molecule has 0 saturated carbocycles. The molecule has 1 aromatic rings. The summed E-state index contributed by atoms with van der Waals surface area (Å²) in [6, 6.07) is 6.28. The van der Waals surface area contributed by atoms with Crippen molar-refractivity contribution in [2.24, 2.45) is 0 Å². The van der Waals surface area contributed by atoms with Crippen LogP contribution in [0.5, 0.6) is 0 Å². The van der Waals surface area contributed by atoms with Crippen molar-refractivity contribution in [2.45, 2.75) is 45.6 Å². The van der Waals surface area contributed by atoms with Crippen molar-refractivity contribution in [2.75, 3.05) is 17.0 Å². The van der Waals surface area contributed by atoms with E-state index in [1.54, 1.807) is 0 Å². The third kappa shape index (κ3) is 4.49. The van der Waals surface area contributed by atoms with Crippen molar-refractivity contribution in [3.8, 4) is 0 Å². The van der Waals surface area contributed by atoms with Gasteiger partial charge >= 0.3 is 0 Å². The molecule has 0 atom stereocenters. The normalized spacial score (nSPS) is 14.6. The highest BCUT2D eigenvalue weighted by atomic mass is 32.2. The Bertz CT molecular complexity index is 553. The van der Waals surface area contributed by atoms with E-state index >= 15 is 0 Å². The fourth-order valence-corrected chi connectivity index (χ4v) is 3.63. The molecule has 0 radical (unpaired) electrons. The molecule has 0 bridgehead atoms. The summed E-state index contributed by atoms with van der Waals surface area (Å²) in [6.07, 6.45) is 3.97. The Kier molecular flexibility index (Phi) is 5.05. The van der Waals surface area contributed by atoms with E-state index in [1.807, 2.05) is 18.2 Å². The molecule has 0 spiro atoms. The molecule has 0 saturated heterocycles. The van der Waals surface area contributed by atoms with Crippen molar-refractivity contribution >= 4 is 15.7 Å². The second-order valence-corrected chi connectivity index (χ2v) is 7.56. The van der Waals surface area contributed by atoms with Gasteiger partial charge in [0.25, 0.3) is 0 Å². The molecule has 1 aliphatic rings. The van der Waals surface area contributed by atoms with E-state index in [2.05, 4.69) is 23.9 Å². The number of aryl methyl sites for hydroxylation is 2. The zero-order valence-corrected chi connectivity index (χ0v) is 13.1. The molecule has 0 amide bonds. The molecule has 4 nitrogen and oxygen atoms in total. The number of hydrogen-bond acceptors (Lipinski definition) is 3. The topological polar surface area (TPSA) is 58.2 Å². The summed E-state index contributed by atoms with van der Waals surface area (Å²) in [6.45, 7) is 4.83. The predicted molar refractivity (Wildman–Crippen MR) is 83.6 cm³/mol. The molecule has 0 heterocycles. The molecule has 2 N–H and O–H groups in total. The first-order valence-corrected chi connectivity index (χ1v) is 8.97. The number of benzene rings is 1. The maximum Gasteiger partial charge on any atom is 0.232 e. The van der Waals surface area contributed by atoms with E-state index in [0.29, 0.717) is 18.2 Å². The summed E-state index contributed by atoms with van der Waals surface area (Å²) in [7, 11) is -3.24. The standard InChI is InChI=1S/C15H24N2O2S/c1-12(2)16-9-4-10-20(18,19)17-15-8-7-13-5-3-6-14(13)11-15/h7-8,11-12,16-17H,3-6,9-10H2,1-2H3. The van der Waals surface area contributed by atoms with Crippen LogP contribution in [0.3, 0.4) is 0 Å². The molecule has 1 aliphatic carbocycles. The van der Waals surface area contributed by atoms with Gasteiger partial charge in [0, 0.05) is 11.7 Å². The smallest absolute Gasteiger partial charge is 0.232 e. The first-order chi connectivity index (χ1) is 9.46. The van der Waals surface area contributed by atoms with Crippen molar-refractivity contribution in [1.82, 2.24) is 5.32 Å². The van der Waals surface area contributed by atoms with Gasteiger partial charge in [0.15, 0.2) is 0 Å². The quantitative estimate of drug-likeness (QED) is 0.759. The SMILES string of the molecule is CC(C)NCCCS(=O)(=O)Nc1ccc2c(c1)CCC2. The largest absolute Gasteiger partial charge is 0.314 e. The van der Waals surface area contributed by atoms with Gasteiger partial charge in [-0.1, -0.05) is 19.9 Å². The molecular formula is C15H24N2O2S. The van der Waals surface area contributed by atoms with E-state index < -0.39 is 10.0 Å². The molecule has 0 aliphatic heterocycles. The monoisotopic (exact) mass is 296 g/mol. The second kappa shape index (κ2) is 6.59. The van der Waals surface area contributed by atoms with Crippen LogP contribution in [0.25, 0.3) is 0 Å². The maximum absolute atomic E-state index is 12.0.